The molecule has 0 saturated carbocycles. The Bertz CT molecular complexity index is 1070. The van der Waals surface area contributed by atoms with Gasteiger partial charge in [-0.25, -0.2) is 0 Å². The van der Waals surface area contributed by atoms with Gasteiger partial charge < -0.3 is 9.30 Å². The van der Waals surface area contributed by atoms with E-state index in [4.69, 9.17) is 4.74 Å². The summed E-state index contributed by atoms with van der Waals surface area (Å²) in [7, 11) is 0. The Morgan fingerprint density at radius 3 is 2.71 bits per heavy atom. The highest BCUT2D eigenvalue weighted by Crippen LogP contribution is 2.22. The van der Waals surface area contributed by atoms with Crippen LogP contribution in [0.5, 0.6) is 0 Å². The number of nitrogens with zero attached hydrogens (tertiary/aromatic N) is 3. The number of carbonyl (C=O) groups excluding carboxylic acids is 1. The summed E-state index contributed by atoms with van der Waals surface area (Å²) < 4.78 is 9.42. The second kappa shape index (κ2) is 9.22. The standard InChI is InChI=1S/C19H18BrN3O4S/c1-2-27-10-9-22-16-8-5-14(20)12-17(16)28-19(22)21-18(24)11-13-3-6-15(7-4-13)23(25)26/h3-8,12H,2,9-11H2,1H3. The molecular weight excluding hydrogens is 446 g/mol. The molecule has 1 amide bonds. The third kappa shape index (κ3) is 4.92. The van der Waals surface area contributed by atoms with Crippen molar-refractivity contribution in [3.8, 4) is 0 Å². The molecule has 0 unspecified atom stereocenters. The fourth-order valence-electron chi connectivity index (χ4n) is 2.70. The summed E-state index contributed by atoms with van der Waals surface area (Å²) in [4.78, 5) is 27.7. The zero-order chi connectivity index (χ0) is 20.1. The quantitative estimate of drug-likeness (QED) is 0.300. The van der Waals surface area contributed by atoms with E-state index >= 15 is 0 Å². The average Bonchev–Trinajstić information content (AvgIpc) is 2.98. The zero-order valence-electron chi connectivity index (χ0n) is 15.1. The van der Waals surface area contributed by atoms with Crippen LogP contribution in [-0.2, 0) is 22.5 Å². The monoisotopic (exact) mass is 463 g/mol. The summed E-state index contributed by atoms with van der Waals surface area (Å²) in [5.41, 5.74) is 1.68. The predicted octanol–water partition coefficient (Wildman–Crippen LogP) is 4.08. The minimum Gasteiger partial charge on any atom is -0.380 e. The lowest BCUT2D eigenvalue weighted by Gasteiger charge is -2.05. The third-order valence-electron chi connectivity index (χ3n) is 4.03. The van der Waals surface area contributed by atoms with Crippen molar-refractivity contribution in [2.45, 2.75) is 19.9 Å². The van der Waals surface area contributed by atoms with Crippen molar-refractivity contribution >= 4 is 49.1 Å². The second-order valence-electron chi connectivity index (χ2n) is 5.95. The molecule has 0 aliphatic carbocycles. The first-order valence-corrected chi connectivity index (χ1v) is 10.3. The maximum atomic E-state index is 12.5. The fraction of sp³-hybridized carbons (Fsp3) is 0.263. The van der Waals surface area contributed by atoms with E-state index in [1.54, 1.807) is 12.1 Å². The first kappa shape index (κ1) is 20.4. The number of ether oxygens (including phenoxy) is 1. The molecule has 0 aliphatic heterocycles. The van der Waals surface area contributed by atoms with Gasteiger partial charge in [0.05, 0.1) is 28.2 Å². The van der Waals surface area contributed by atoms with Gasteiger partial charge in [-0.05, 0) is 30.7 Å². The van der Waals surface area contributed by atoms with Gasteiger partial charge in [-0.1, -0.05) is 39.4 Å². The molecule has 7 nitrogen and oxygen atoms in total. The Balaban J connectivity index is 1.89. The van der Waals surface area contributed by atoms with E-state index in [1.165, 1.54) is 23.5 Å². The number of hydrogen-bond acceptors (Lipinski definition) is 5. The second-order valence-corrected chi connectivity index (χ2v) is 7.88. The number of non-ortho nitro benzene ring substituents is 1. The molecule has 3 aromatic rings. The number of halogens is 1. The van der Waals surface area contributed by atoms with Crippen LogP contribution in [0.4, 0.5) is 5.69 Å². The molecule has 0 radical (unpaired) electrons. The van der Waals surface area contributed by atoms with Crippen molar-refractivity contribution in [1.29, 1.82) is 0 Å². The molecule has 0 saturated heterocycles. The Morgan fingerprint density at radius 2 is 2.04 bits per heavy atom. The molecular formula is C19H18BrN3O4S. The van der Waals surface area contributed by atoms with Gasteiger partial charge in [-0.2, -0.15) is 4.99 Å². The number of thiazole rings is 1. The largest absolute Gasteiger partial charge is 0.380 e. The summed E-state index contributed by atoms with van der Waals surface area (Å²) in [6, 6.07) is 11.9. The number of fused-ring (bicyclic) bond motifs is 1. The molecule has 0 fully saturated rings. The summed E-state index contributed by atoms with van der Waals surface area (Å²) in [6.07, 6.45) is 0.0847. The number of amides is 1. The molecule has 1 heterocycles. The summed E-state index contributed by atoms with van der Waals surface area (Å²) in [5, 5.41) is 10.7. The van der Waals surface area contributed by atoms with Crippen molar-refractivity contribution in [3.05, 3.63) is 67.4 Å². The number of carbonyl (C=O) groups is 1. The summed E-state index contributed by atoms with van der Waals surface area (Å²) in [6.45, 7) is 3.69. The molecule has 9 heteroatoms. The van der Waals surface area contributed by atoms with Crippen LogP contribution in [0.2, 0.25) is 0 Å². The number of nitro groups is 1. The zero-order valence-corrected chi connectivity index (χ0v) is 17.5. The van der Waals surface area contributed by atoms with E-state index in [-0.39, 0.29) is 18.0 Å². The maximum absolute atomic E-state index is 12.5. The number of rotatable bonds is 7. The lowest BCUT2D eigenvalue weighted by atomic mass is 10.1. The molecule has 0 N–H and O–H groups in total. The maximum Gasteiger partial charge on any atom is 0.269 e. The van der Waals surface area contributed by atoms with E-state index in [0.29, 0.717) is 30.1 Å². The first-order valence-electron chi connectivity index (χ1n) is 8.65. The number of benzene rings is 2. The van der Waals surface area contributed by atoms with Gasteiger partial charge in [0.1, 0.15) is 0 Å². The molecule has 0 aliphatic rings. The lowest BCUT2D eigenvalue weighted by Crippen LogP contribution is -2.20. The first-order chi connectivity index (χ1) is 13.5. The van der Waals surface area contributed by atoms with Crippen LogP contribution >= 0.6 is 27.3 Å². The predicted molar refractivity (Wildman–Crippen MR) is 111 cm³/mol. The van der Waals surface area contributed by atoms with E-state index in [1.807, 2.05) is 29.7 Å². The molecule has 0 spiro atoms. The molecule has 28 heavy (non-hydrogen) atoms. The summed E-state index contributed by atoms with van der Waals surface area (Å²) in [5.74, 6) is -0.301. The highest BCUT2D eigenvalue weighted by atomic mass is 79.9. The van der Waals surface area contributed by atoms with Crippen LogP contribution in [0.25, 0.3) is 10.2 Å². The number of hydrogen-bond donors (Lipinski definition) is 0. The van der Waals surface area contributed by atoms with E-state index in [2.05, 4.69) is 20.9 Å². The van der Waals surface area contributed by atoms with Crippen molar-refractivity contribution in [3.63, 3.8) is 0 Å². The van der Waals surface area contributed by atoms with Crippen molar-refractivity contribution < 1.29 is 14.5 Å². The molecule has 1 aromatic heterocycles. The molecule has 146 valence electrons. The molecule has 0 atom stereocenters. The Hall–Kier alpha value is -2.36. The van der Waals surface area contributed by atoms with Crippen LogP contribution < -0.4 is 4.80 Å². The summed E-state index contributed by atoms with van der Waals surface area (Å²) >= 11 is 4.91. The third-order valence-corrected chi connectivity index (χ3v) is 5.57. The number of nitro benzene ring substituents is 1. The molecule has 2 aromatic carbocycles. The van der Waals surface area contributed by atoms with Gasteiger partial charge in [0.25, 0.3) is 11.6 Å². The van der Waals surface area contributed by atoms with Crippen molar-refractivity contribution in [2.24, 2.45) is 4.99 Å². The smallest absolute Gasteiger partial charge is 0.269 e. The molecule has 0 bridgehead atoms. The van der Waals surface area contributed by atoms with Gasteiger partial charge >= 0.3 is 0 Å². The van der Waals surface area contributed by atoms with Crippen LogP contribution in [0.3, 0.4) is 0 Å². The van der Waals surface area contributed by atoms with Crippen LogP contribution in [0.15, 0.2) is 51.9 Å². The topological polar surface area (TPSA) is 86.7 Å². The van der Waals surface area contributed by atoms with Gasteiger partial charge in [0.2, 0.25) is 0 Å². The highest BCUT2D eigenvalue weighted by molar-refractivity contribution is 9.10. The highest BCUT2D eigenvalue weighted by Gasteiger charge is 2.10. The van der Waals surface area contributed by atoms with Crippen molar-refractivity contribution in [1.82, 2.24) is 4.57 Å². The molecule has 3 rings (SSSR count). The van der Waals surface area contributed by atoms with E-state index in [0.717, 1.165) is 14.7 Å². The Kier molecular flexibility index (Phi) is 6.71. The Morgan fingerprint density at radius 1 is 1.29 bits per heavy atom. The Labute approximate surface area is 173 Å². The normalized spacial score (nSPS) is 11.9. The van der Waals surface area contributed by atoms with E-state index < -0.39 is 4.92 Å². The van der Waals surface area contributed by atoms with Crippen LogP contribution in [0, 0.1) is 10.1 Å². The number of aromatic nitrogens is 1. The van der Waals surface area contributed by atoms with Crippen molar-refractivity contribution in [2.75, 3.05) is 13.2 Å². The van der Waals surface area contributed by atoms with E-state index in [9.17, 15) is 14.9 Å². The van der Waals surface area contributed by atoms with Gasteiger partial charge in [0.15, 0.2) is 4.80 Å². The van der Waals surface area contributed by atoms with Gasteiger partial charge in [0, 0.05) is 29.8 Å². The SMILES string of the molecule is CCOCCn1c(=NC(=O)Cc2ccc([N+](=O)[O-])cc2)sc2cc(Br)ccc21. The van der Waals surface area contributed by atoms with Crippen LogP contribution in [0.1, 0.15) is 12.5 Å². The minimum absolute atomic E-state index is 0.00279. The fourth-order valence-corrected chi connectivity index (χ4v) is 4.33. The van der Waals surface area contributed by atoms with Crippen LogP contribution in [-0.4, -0.2) is 28.6 Å². The lowest BCUT2D eigenvalue weighted by molar-refractivity contribution is -0.384. The van der Waals surface area contributed by atoms with Gasteiger partial charge in [-0.15, -0.1) is 0 Å². The minimum atomic E-state index is -0.466. The average molecular weight is 464 g/mol. The van der Waals surface area contributed by atoms with Gasteiger partial charge in [-0.3, -0.25) is 14.9 Å².